The molecular weight excluding hydrogens is 519 g/mol. The molecule has 0 spiro atoms. The van der Waals surface area contributed by atoms with Crippen LogP contribution in [0.1, 0.15) is 36.7 Å². The molecule has 3 rings (SSSR count). The fourth-order valence-electron chi connectivity index (χ4n) is 3.38. The van der Waals surface area contributed by atoms with E-state index < -0.39 is 0 Å². The van der Waals surface area contributed by atoms with Gasteiger partial charge in [0.25, 0.3) is 0 Å². The molecule has 2 N–H and O–H groups in total. The quantitative estimate of drug-likeness (QED) is 0.300. The highest BCUT2D eigenvalue weighted by atomic mass is 127. The summed E-state index contributed by atoms with van der Waals surface area (Å²) in [7, 11) is 3.34. The summed E-state index contributed by atoms with van der Waals surface area (Å²) < 4.78 is 12.7. The van der Waals surface area contributed by atoms with Crippen molar-refractivity contribution in [2.75, 3.05) is 27.3 Å². The van der Waals surface area contributed by atoms with E-state index in [0.717, 1.165) is 49.1 Å². The molecule has 0 amide bonds. The van der Waals surface area contributed by atoms with E-state index in [-0.39, 0.29) is 36.1 Å². The van der Waals surface area contributed by atoms with Crippen LogP contribution in [0.4, 0.5) is 0 Å². The SMILES string of the molecule is CCNC(=NCC(OC)c1cccc(Cl)c1)NC1CCc2nc(COC)nn2C1.I. The first-order chi connectivity index (χ1) is 14.1. The van der Waals surface area contributed by atoms with E-state index in [2.05, 4.69) is 27.6 Å². The van der Waals surface area contributed by atoms with Gasteiger partial charge in [0, 0.05) is 38.2 Å². The van der Waals surface area contributed by atoms with Crippen LogP contribution in [0.25, 0.3) is 0 Å². The lowest BCUT2D eigenvalue weighted by atomic mass is 10.1. The average Bonchev–Trinajstić information content (AvgIpc) is 3.10. The van der Waals surface area contributed by atoms with Gasteiger partial charge in [-0.3, -0.25) is 4.99 Å². The number of hydrogen-bond acceptors (Lipinski definition) is 5. The Morgan fingerprint density at radius 3 is 2.93 bits per heavy atom. The Balaban J connectivity index is 0.00000320. The largest absolute Gasteiger partial charge is 0.377 e. The summed E-state index contributed by atoms with van der Waals surface area (Å²) in [6, 6.07) is 7.92. The highest BCUT2D eigenvalue weighted by molar-refractivity contribution is 14.0. The number of nitrogens with one attached hydrogen (secondary N) is 2. The van der Waals surface area contributed by atoms with E-state index in [1.807, 2.05) is 28.9 Å². The summed E-state index contributed by atoms with van der Waals surface area (Å²) >= 11 is 6.11. The Morgan fingerprint density at radius 1 is 1.40 bits per heavy atom. The van der Waals surface area contributed by atoms with E-state index in [4.69, 9.17) is 26.1 Å². The van der Waals surface area contributed by atoms with Crippen molar-refractivity contribution < 1.29 is 9.47 Å². The van der Waals surface area contributed by atoms with Crippen LogP contribution in [0.5, 0.6) is 0 Å². The minimum Gasteiger partial charge on any atom is -0.377 e. The standard InChI is InChI=1S/C20H29ClN6O2.HI/c1-4-22-20(23-11-17(29-3)14-6-5-7-15(21)10-14)24-16-8-9-19-25-18(13-28-2)26-27(19)12-16;/h5-7,10,16-17H,4,8-9,11-13H2,1-3H3,(H2,22,23,24);1H. The van der Waals surface area contributed by atoms with Crippen LogP contribution in [0.2, 0.25) is 5.02 Å². The summed E-state index contributed by atoms with van der Waals surface area (Å²) in [5.41, 5.74) is 1.01. The molecule has 10 heteroatoms. The number of halogens is 2. The van der Waals surface area contributed by atoms with Crippen LogP contribution in [0.15, 0.2) is 29.3 Å². The van der Waals surface area contributed by atoms with E-state index >= 15 is 0 Å². The average molecular weight is 549 g/mol. The first kappa shape index (κ1) is 24.8. The lowest BCUT2D eigenvalue weighted by Gasteiger charge is -2.25. The van der Waals surface area contributed by atoms with Gasteiger partial charge in [0.05, 0.1) is 13.1 Å². The maximum absolute atomic E-state index is 6.11. The Bertz CT molecular complexity index is 831. The van der Waals surface area contributed by atoms with Crippen LogP contribution < -0.4 is 10.6 Å². The van der Waals surface area contributed by atoms with Crippen molar-refractivity contribution in [1.29, 1.82) is 0 Å². The second-order valence-corrected chi connectivity index (χ2v) is 7.37. The van der Waals surface area contributed by atoms with E-state index in [9.17, 15) is 0 Å². The number of ether oxygens (including phenoxy) is 2. The smallest absolute Gasteiger partial charge is 0.191 e. The first-order valence-corrected chi connectivity index (χ1v) is 10.2. The fraction of sp³-hybridized carbons (Fsp3) is 0.550. The molecule has 1 aromatic heterocycles. The number of fused-ring (bicyclic) bond motifs is 1. The topological polar surface area (TPSA) is 85.6 Å². The zero-order valence-corrected chi connectivity index (χ0v) is 20.7. The van der Waals surface area contributed by atoms with E-state index in [1.165, 1.54) is 0 Å². The van der Waals surface area contributed by atoms with Gasteiger partial charge >= 0.3 is 0 Å². The van der Waals surface area contributed by atoms with Gasteiger partial charge in [-0.05, 0) is 31.0 Å². The highest BCUT2D eigenvalue weighted by Gasteiger charge is 2.22. The number of nitrogens with zero attached hydrogens (tertiary/aromatic N) is 4. The molecule has 30 heavy (non-hydrogen) atoms. The zero-order valence-electron chi connectivity index (χ0n) is 17.6. The summed E-state index contributed by atoms with van der Waals surface area (Å²) in [6.07, 6.45) is 1.68. The maximum Gasteiger partial charge on any atom is 0.191 e. The minimum absolute atomic E-state index is 0. The Hall–Kier alpha value is -1.43. The molecule has 0 aliphatic carbocycles. The van der Waals surface area contributed by atoms with Gasteiger partial charge in [-0.1, -0.05) is 23.7 Å². The molecule has 0 fully saturated rings. The minimum atomic E-state index is -0.158. The first-order valence-electron chi connectivity index (χ1n) is 9.87. The molecule has 0 bridgehead atoms. The number of methoxy groups -OCH3 is 2. The monoisotopic (exact) mass is 548 g/mol. The molecule has 2 heterocycles. The Labute approximate surface area is 199 Å². The lowest BCUT2D eigenvalue weighted by Crippen LogP contribution is -2.47. The van der Waals surface area contributed by atoms with Crippen LogP contribution >= 0.6 is 35.6 Å². The van der Waals surface area contributed by atoms with Gasteiger partial charge < -0.3 is 20.1 Å². The molecule has 166 valence electrons. The Morgan fingerprint density at radius 2 is 2.23 bits per heavy atom. The van der Waals surface area contributed by atoms with Crippen molar-refractivity contribution in [3.63, 3.8) is 0 Å². The number of guanidine groups is 1. The zero-order chi connectivity index (χ0) is 20.6. The number of hydrogen-bond donors (Lipinski definition) is 2. The molecule has 1 aliphatic heterocycles. The van der Waals surface area contributed by atoms with Crippen molar-refractivity contribution in [2.24, 2.45) is 4.99 Å². The molecule has 1 aromatic carbocycles. The van der Waals surface area contributed by atoms with Crippen molar-refractivity contribution >= 4 is 41.5 Å². The number of benzene rings is 1. The van der Waals surface area contributed by atoms with Gasteiger partial charge in [-0.15, -0.1) is 24.0 Å². The summed E-state index contributed by atoms with van der Waals surface area (Å²) in [4.78, 5) is 9.26. The predicted octanol–water partition coefficient (Wildman–Crippen LogP) is 2.95. The van der Waals surface area contributed by atoms with Gasteiger partial charge in [-0.2, -0.15) is 5.10 Å². The molecule has 0 radical (unpaired) electrons. The second-order valence-electron chi connectivity index (χ2n) is 6.94. The molecule has 2 atom stereocenters. The number of rotatable bonds is 8. The van der Waals surface area contributed by atoms with Crippen molar-refractivity contribution in [2.45, 2.75) is 45.1 Å². The van der Waals surface area contributed by atoms with Crippen LogP contribution in [0, 0.1) is 0 Å². The van der Waals surface area contributed by atoms with Gasteiger partial charge in [0.1, 0.15) is 18.5 Å². The second kappa shape index (κ2) is 12.4. The van der Waals surface area contributed by atoms with Crippen LogP contribution in [-0.2, 0) is 29.0 Å². The maximum atomic E-state index is 6.11. The predicted molar refractivity (Wildman–Crippen MR) is 129 cm³/mol. The van der Waals surface area contributed by atoms with Crippen LogP contribution in [0.3, 0.4) is 0 Å². The molecule has 8 nitrogen and oxygen atoms in total. The molecule has 2 unspecified atom stereocenters. The number of aromatic nitrogens is 3. The molecule has 2 aromatic rings. The summed E-state index contributed by atoms with van der Waals surface area (Å²) in [6.45, 7) is 4.50. The van der Waals surface area contributed by atoms with Gasteiger partial charge in [0.2, 0.25) is 0 Å². The number of aryl methyl sites for hydroxylation is 1. The van der Waals surface area contributed by atoms with E-state index in [0.29, 0.717) is 18.2 Å². The van der Waals surface area contributed by atoms with Crippen molar-refractivity contribution in [3.8, 4) is 0 Å². The van der Waals surface area contributed by atoms with Crippen LogP contribution in [-0.4, -0.2) is 54.1 Å². The molecule has 1 aliphatic rings. The van der Waals surface area contributed by atoms with Gasteiger partial charge in [0.15, 0.2) is 11.8 Å². The Kier molecular flexibility index (Phi) is 10.3. The molecule has 0 saturated heterocycles. The number of aliphatic imine (C=N–C) groups is 1. The van der Waals surface area contributed by atoms with Crippen molar-refractivity contribution in [1.82, 2.24) is 25.4 Å². The third-order valence-electron chi connectivity index (χ3n) is 4.78. The third kappa shape index (κ3) is 6.79. The van der Waals surface area contributed by atoms with E-state index in [1.54, 1.807) is 14.2 Å². The summed E-state index contributed by atoms with van der Waals surface area (Å²) in [5.74, 6) is 2.51. The molecular formula is C20H30ClIN6O2. The summed E-state index contributed by atoms with van der Waals surface area (Å²) in [5, 5.41) is 12.1. The lowest BCUT2D eigenvalue weighted by molar-refractivity contribution is 0.111. The van der Waals surface area contributed by atoms with Crippen molar-refractivity contribution in [3.05, 3.63) is 46.5 Å². The molecule has 0 saturated carbocycles. The van der Waals surface area contributed by atoms with Gasteiger partial charge in [-0.25, -0.2) is 9.67 Å². The fourth-order valence-corrected chi connectivity index (χ4v) is 3.58. The highest BCUT2D eigenvalue weighted by Crippen LogP contribution is 2.21. The third-order valence-corrected chi connectivity index (χ3v) is 5.02. The normalized spacial score (nSPS) is 17.1.